The Hall–Kier alpha value is -2.36. The first-order chi connectivity index (χ1) is 14.3. The van der Waals surface area contributed by atoms with Crippen LogP contribution < -0.4 is 10.2 Å². The molecule has 0 aromatic heterocycles. The van der Waals surface area contributed by atoms with Crippen LogP contribution in [0.1, 0.15) is 19.4 Å². The second kappa shape index (κ2) is 9.20. The van der Waals surface area contributed by atoms with Crippen molar-refractivity contribution in [2.24, 2.45) is 0 Å². The number of nitrogens with zero attached hydrogens (tertiary/aromatic N) is 2. The molecule has 0 unspecified atom stereocenters. The molecular formula is C21H25N3O4S2. The van der Waals surface area contributed by atoms with E-state index in [2.05, 4.69) is 5.32 Å². The number of anilines is 2. The second-order valence-electron chi connectivity index (χ2n) is 6.91. The molecule has 0 saturated heterocycles. The number of hydrogen-bond acceptors (Lipinski definition) is 5. The van der Waals surface area contributed by atoms with E-state index in [0.717, 1.165) is 10.5 Å². The molecule has 0 radical (unpaired) electrons. The number of amides is 2. The fourth-order valence-corrected chi connectivity index (χ4v) is 5.69. The lowest BCUT2D eigenvalue weighted by Gasteiger charge is -2.29. The first-order valence-electron chi connectivity index (χ1n) is 9.70. The molecule has 1 heterocycles. The van der Waals surface area contributed by atoms with E-state index in [0.29, 0.717) is 24.5 Å². The normalized spacial score (nSPS) is 14.0. The summed E-state index contributed by atoms with van der Waals surface area (Å²) in [6.45, 7) is 6.00. The number of thioether (sulfide) groups is 1. The minimum atomic E-state index is -3.67. The molecule has 160 valence electrons. The average Bonchev–Trinajstić information content (AvgIpc) is 2.70. The van der Waals surface area contributed by atoms with Gasteiger partial charge in [-0.1, -0.05) is 26.0 Å². The van der Waals surface area contributed by atoms with Crippen molar-refractivity contribution in [3.8, 4) is 0 Å². The predicted octanol–water partition coefficient (Wildman–Crippen LogP) is 3.10. The predicted molar refractivity (Wildman–Crippen MR) is 119 cm³/mol. The lowest BCUT2D eigenvalue weighted by atomic mass is 10.2. The Bertz CT molecular complexity index is 1070. The molecule has 2 amide bonds. The highest BCUT2D eigenvalue weighted by Crippen LogP contribution is 2.37. The zero-order chi connectivity index (χ0) is 21.9. The highest BCUT2D eigenvalue weighted by atomic mass is 32.2. The molecule has 2 aromatic rings. The van der Waals surface area contributed by atoms with Crippen LogP contribution in [0.25, 0.3) is 0 Å². The molecule has 0 saturated carbocycles. The highest BCUT2D eigenvalue weighted by molar-refractivity contribution is 8.00. The van der Waals surface area contributed by atoms with Crippen LogP contribution in [0.5, 0.6) is 0 Å². The number of fused-ring (bicyclic) bond motifs is 1. The first kappa shape index (κ1) is 22.3. The van der Waals surface area contributed by atoms with Gasteiger partial charge in [0, 0.05) is 23.7 Å². The fraction of sp³-hybridized carbons (Fsp3) is 0.333. The van der Waals surface area contributed by atoms with Gasteiger partial charge in [-0.2, -0.15) is 4.31 Å². The number of hydrogen-bond donors (Lipinski definition) is 1. The van der Waals surface area contributed by atoms with Crippen LogP contribution in [0.15, 0.2) is 52.3 Å². The number of carbonyl (C=O) groups excluding carboxylic acids is 2. The summed E-state index contributed by atoms with van der Waals surface area (Å²) in [7, 11) is -3.67. The third-order valence-electron chi connectivity index (χ3n) is 4.82. The van der Waals surface area contributed by atoms with E-state index in [1.807, 2.05) is 25.1 Å². The maximum atomic E-state index is 12.9. The van der Waals surface area contributed by atoms with Gasteiger partial charge in [0.25, 0.3) is 0 Å². The molecule has 9 heteroatoms. The number of nitrogens with one attached hydrogen (secondary N) is 1. The Kier molecular flexibility index (Phi) is 6.84. The van der Waals surface area contributed by atoms with Crippen LogP contribution in [-0.4, -0.2) is 49.9 Å². The molecule has 0 aliphatic carbocycles. The lowest BCUT2D eigenvalue weighted by molar-refractivity contribution is -0.120. The van der Waals surface area contributed by atoms with E-state index < -0.39 is 10.0 Å². The molecule has 7 nitrogen and oxygen atoms in total. The van der Waals surface area contributed by atoms with Gasteiger partial charge in [0.1, 0.15) is 6.54 Å². The SMILES string of the molecule is CCN(CC)S(=O)(=O)c1ccc2c(c1)N(CC(=O)Nc1cccc(C)c1)C(=O)CS2. The largest absolute Gasteiger partial charge is 0.325 e. The minimum Gasteiger partial charge on any atom is -0.325 e. The van der Waals surface area contributed by atoms with Gasteiger partial charge in [-0.3, -0.25) is 9.59 Å². The molecule has 0 atom stereocenters. The fourth-order valence-electron chi connectivity index (χ4n) is 3.30. The molecular weight excluding hydrogens is 422 g/mol. The van der Waals surface area contributed by atoms with Gasteiger partial charge in [0.2, 0.25) is 21.8 Å². The molecule has 1 aliphatic rings. The summed E-state index contributed by atoms with van der Waals surface area (Å²) in [6.07, 6.45) is 0. The Morgan fingerprint density at radius 1 is 1.17 bits per heavy atom. The molecule has 0 bridgehead atoms. The topological polar surface area (TPSA) is 86.8 Å². The van der Waals surface area contributed by atoms with Crippen molar-refractivity contribution in [1.29, 1.82) is 0 Å². The van der Waals surface area contributed by atoms with Crippen LogP contribution in [0.3, 0.4) is 0 Å². The Balaban J connectivity index is 1.89. The van der Waals surface area contributed by atoms with Crippen molar-refractivity contribution in [3.05, 3.63) is 48.0 Å². The van der Waals surface area contributed by atoms with Gasteiger partial charge in [0.05, 0.1) is 16.3 Å². The Morgan fingerprint density at radius 3 is 2.57 bits per heavy atom. The van der Waals surface area contributed by atoms with E-state index in [1.54, 1.807) is 32.0 Å². The third-order valence-corrected chi connectivity index (χ3v) is 7.91. The summed E-state index contributed by atoms with van der Waals surface area (Å²) < 4.78 is 27.2. The maximum absolute atomic E-state index is 12.9. The van der Waals surface area contributed by atoms with Gasteiger partial charge in [-0.15, -0.1) is 11.8 Å². The Morgan fingerprint density at radius 2 is 1.90 bits per heavy atom. The van der Waals surface area contributed by atoms with Gasteiger partial charge >= 0.3 is 0 Å². The smallest absolute Gasteiger partial charge is 0.244 e. The molecule has 2 aromatic carbocycles. The van der Waals surface area contributed by atoms with Crippen molar-refractivity contribution >= 4 is 45.0 Å². The summed E-state index contributed by atoms with van der Waals surface area (Å²) in [5, 5.41) is 2.80. The van der Waals surface area contributed by atoms with Crippen molar-refractivity contribution in [1.82, 2.24) is 4.31 Å². The zero-order valence-corrected chi connectivity index (χ0v) is 18.8. The van der Waals surface area contributed by atoms with Crippen molar-refractivity contribution < 1.29 is 18.0 Å². The van der Waals surface area contributed by atoms with E-state index in [4.69, 9.17) is 0 Å². The summed E-state index contributed by atoms with van der Waals surface area (Å²) in [5.41, 5.74) is 2.11. The zero-order valence-electron chi connectivity index (χ0n) is 17.2. The van der Waals surface area contributed by atoms with Gasteiger partial charge < -0.3 is 10.2 Å². The third kappa shape index (κ3) is 4.69. The van der Waals surface area contributed by atoms with Crippen LogP contribution in [0.4, 0.5) is 11.4 Å². The molecule has 30 heavy (non-hydrogen) atoms. The standard InChI is InChI=1S/C21H25N3O4S2/c1-4-23(5-2)30(27,28)17-9-10-19-18(12-17)24(21(26)14-29-19)13-20(25)22-16-8-6-7-15(3)11-16/h6-12H,4-5,13-14H2,1-3H3,(H,22,25). The van der Waals surface area contributed by atoms with Crippen LogP contribution in [0.2, 0.25) is 0 Å². The lowest BCUT2D eigenvalue weighted by Crippen LogP contribution is -2.41. The van der Waals surface area contributed by atoms with Crippen molar-refractivity contribution in [3.63, 3.8) is 0 Å². The van der Waals surface area contributed by atoms with Crippen molar-refractivity contribution in [2.75, 3.05) is 35.6 Å². The summed E-state index contributed by atoms with van der Waals surface area (Å²) in [5.74, 6) is -0.375. The number of sulfonamides is 1. The summed E-state index contributed by atoms with van der Waals surface area (Å²) in [6, 6.07) is 12.1. The van der Waals surface area contributed by atoms with E-state index in [1.165, 1.54) is 27.0 Å². The average molecular weight is 448 g/mol. The first-order valence-corrected chi connectivity index (χ1v) is 12.1. The number of carbonyl (C=O) groups is 2. The monoisotopic (exact) mass is 447 g/mol. The number of benzene rings is 2. The maximum Gasteiger partial charge on any atom is 0.244 e. The van der Waals surface area contributed by atoms with Gasteiger partial charge in [0.15, 0.2) is 0 Å². The van der Waals surface area contributed by atoms with E-state index >= 15 is 0 Å². The van der Waals surface area contributed by atoms with E-state index in [9.17, 15) is 18.0 Å². The second-order valence-corrected chi connectivity index (χ2v) is 9.86. The van der Waals surface area contributed by atoms with Crippen LogP contribution >= 0.6 is 11.8 Å². The molecule has 1 aliphatic heterocycles. The van der Waals surface area contributed by atoms with E-state index in [-0.39, 0.29) is 29.0 Å². The quantitative estimate of drug-likeness (QED) is 0.705. The minimum absolute atomic E-state index is 0.115. The van der Waals surface area contributed by atoms with Crippen LogP contribution in [0, 0.1) is 6.92 Å². The summed E-state index contributed by atoms with van der Waals surface area (Å²) in [4.78, 5) is 27.4. The Labute approximate surface area is 181 Å². The molecule has 0 fully saturated rings. The highest BCUT2D eigenvalue weighted by Gasteiger charge is 2.30. The van der Waals surface area contributed by atoms with Gasteiger partial charge in [-0.25, -0.2) is 8.42 Å². The number of aryl methyl sites for hydroxylation is 1. The molecule has 0 spiro atoms. The molecule has 3 rings (SSSR count). The summed E-state index contributed by atoms with van der Waals surface area (Å²) >= 11 is 1.34. The van der Waals surface area contributed by atoms with Crippen LogP contribution in [-0.2, 0) is 19.6 Å². The van der Waals surface area contributed by atoms with Gasteiger partial charge in [-0.05, 0) is 42.8 Å². The van der Waals surface area contributed by atoms with Crippen molar-refractivity contribution in [2.45, 2.75) is 30.6 Å². The number of rotatable bonds is 7. The molecule has 1 N–H and O–H groups in total.